The van der Waals surface area contributed by atoms with Gasteiger partial charge in [-0.2, -0.15) is 0 Å². The largest absolute Gasteiger partial charge is 0.456 e. The average molecular weight is 595 g/mol. The maximum absolute atomic E-state index is 6.35. The molecular formula is C46H26O. The highest BCUT2D eigenvalue weighted by molar-refractivity contribution is 6.31. The van der Waals surface area contributed by atoms with Gasteiger partial charge in [0.1, 0.15) is 11.2 Å². The summed E-state index contributed by atoms with van der Waals surface area (Å²) >= 11 is 0. The third kappa shape index (κ3) is 3.33. The molecule has 0 bridgehead atoms. The van der Waals surface area contributed by atoms with Gasteiger partial charge in [0.25, 0.3) is 0 Å². The lowest BCUT2D eigenvalue weighted by atomic mass is 9.83. The fraction of sp³-hybridized carbons (Fsp3) is 0. The molecule has 11 aromatic rings. The molecule has 0 atom stereocenters. The van der Waals surface area contributed by atoms with Crippen molar-refractivity contribution in [2.24, 2.45) is 0 Å². The molecule has 1 heterocycles. The maximum Gasteiger partial charge on any atom is 0.136 e. The Labute approximate surface area is 270 Å². The van der Waals surface area contributed by atoms with Gasteiger partial charge in [-0.25, -0.2) is 0 Å². The van der Waals surface area contributed by atoms with Crippen molar-refractivity contribution in [1.82, 2.24) is 0 Å². The van der Waals surface area contributed by atoms with Gasteiger partial charge in [0.05, 0.1) is 0 Å². The zero-order valence-electron chi connectivity index (χ0n) is 25.4. The van der Waals surface area contributed by atoms with Gasteiger partial charge >= 0.3 is 0 Å². The highest BCUT2D eigenvalue weighted by Gasteiger charge is 2.22. The van der Waals surface area contributed by atoms with E-state index >= 15 is 0 Å². The molecular weight excluding hydrogens is 569 g/mol. The Morgan fingerprint density at radius 3 is 1.38 bits per heavy atom. The van der Waals surface area contributed by atoms with Crippen LogP contribution in [0.2, 0.25) is 0 Å². The molecule has 1 heteroatoms. The van der Waals surface area contributed by atoms with Crippen molar-refractivity contribution in [1.29, 1.82) is 0 Å². The second-order valence-corrected chi connectivity index (χ2v) is 12.8. The highest BCUT2D eigenvalue weighted by Crippen LogP contribution is 2.49. The molecule has 0 aliphatic carbocycles. The van der Waals surface area contributed by atoms with Crippen LogP contribution >= 0.6 is 0 Å². The average Bonchev–Trinajstić information content (AvgIpc) is 3.53. The molecule has 0 fully saturated rings. The van der Waals surface area contributed by atoms with Crippen molar-refractivity contribution in [3.63, 3.8) is 0 Å². The molecule has 47 heavy (non-hydrogen) atoms. The lowest BCUT2D eigenvalue weighted by Crippen LogP contribution is -1.92. The predicted octanol–water partition coefficient (Wildman–Crippen LogP) is 13.3. The molecule has 0 aliphatic rings. The molecule has 10 aromatic carbocycles. The summed E-state index contributed by atoms with van der Waals surface area (Å²) in [5.41, 5.74) is 6.91. The fourth-order valence-corrected chi connectivity index (χ4v) is 8.47. The first-order valence-electron chi connectivity index (χ1n) is 16.3. The molecule has 216 valence electrons. The van der Waals surface area contributed by atoms with Gasteiger partial charge in [-0.05, 0) is 111 Å². The molecule has 0 radical (unpaired) electrons. The smallest absolute Gasteiger partial charge is 0.136 e. The maximum atomic E-state index is 6.35. The van der Waals surface area contributed by atoms with Gasteiger partial charge in [-0.15, -0.1) is 0 Å². The van der Waals surface area contributed by atoms with Gasteiger partial charge in [0.15, 0.2) is 0 Å². The summed E-state index contributed by atoms with van der Waals surface area (Å²) in [7, 11) is 0. The van der Waals surface area contributed by atoms with Crippen LogP contribution in [0.1, 0.15) is 0 Å². The van der Waals surface area contributed by atoms with Crippen molar-refractivity contribution in [3.8, 4) is 22.3 Å². The van der Waals surface area contributed by atoms with Crippen LogP contribution < -0.4 is 0 Å². The van der Waals surface area contributed by atoms with Crippen LogP contribution in [0.4, 0.5) is 0 Å². The number of hydrogen-bond donors (Lipinski definition) is 0. The van der Waals surface area contributed by atoms with Gasteiger partial charge in [-0.3, -0.25) is 0 Å². The molecule has 0 aliphatic heterocycles. The molecule has 0 unspecified atom stereocenters. The summed E-state index contributed by atoms with van der Waals surface area (Å²) in [6.45, 7) is 0. The number of furan rings is 1. The van der Waals surface area contributed by atoms with Crippen LogP contribution in [-0.4, -0.2) is 0 Å². The quantitative estimate of drug-likeness (QED) is 0.143. The number of benzene rings is 10. The minimum atomic E-state index is 0.941. The summed E-state index contributed by atoms with van der Waals surface area (Å²) in [5.74, 6) is 0. The zero-order chi connectivity index (χ0) is 30.6. The minimum absolute atomic E-state index is 0.941. The highest BCUT2D eigenvalue weighted by atomic mass is 16.3. The first-order valence-corrected chi connectivity index (χ1v) is 16.3. The van der Waals surface area contributed by atoms with Crippen LogP contribution in [0.15, 0.2) is 162 Å². The van der Waals surface area contributed by atoms with E-state index in [4.69, 9.17) is 4.42 Å². The van der Waals surface area contributed by atoms with Crippen molar-refractivity contribution in [3.05, 3.63) is 158 Å². The lowest BCUT2D eigenvalue weighted by Gasteiger charge is -2.20. The summed E-state index contributed by atoms with van der Waals surface area (Å²) in [4.78, 5) is 0. The van der Waals surface area contributed by atoms with Crippen LogP contribution in [-0.2, 0) is 0 Å². The first-order chi connectivity index (χ1) is 23.3. The predicted molar refractivity (Wildman–Crippen MR) is 201 cm³/mol. The number of fused-ring (bicyclic) bond motifs is 8. The van der Waals surface area contributed by atoms with Gasteiger partial charge < -0.3 is 4.42 Å². The summed E-state index contributed by atoms with van der Waals surface area (Å²) in [6.07, 6.45) is 0. The zero-order valence-corrected chi connectivity index (χ0v) is 25.4. The lowest BCUT2D eigenvalue weighted by molar-refractivity contribution is 0.669. The molecule has 1 aromatic heterocycles. The van der Waals surface area contributed by atoms with E-state index in [1.165, 1.54) is 97.7 Å². The normalized spacial score (nSPS) is 12.3. The van der Waals surface area contributed by atoms with Crippen molar-refractivity contribution in [2.45, 2.75) is 0 Å². The van der Waals surface area contributed by atoms with Crippen molar-refractivity contribution < 1.29 is 4.42 Å². The van der Waals surface area contributed by atoms with Gasteiger partial charge in [0.2, 0.25) is 0 Å². The van der Waals surface area contributed by atoms with E-state index in [2.05, 4.69) is 158 Å². The van der Waals surface area contributed by atoms with E-state index in [1.807, 2.05) is 0 Å². The Bertz CT molecular complexity index is 2980. The molecule has 0 spiro atoms. The standard InChI is InChI=1S/C46H26O/c1-2-14-31-29(12-1)30-13-3-4-15-32(30)39-25-28(23-24-33(31)39)43-34-16-5-7-18-36(34)45(37-19-8-6-17-35(37)43)40-26-27-11-9-21-41-44(27)46-38(40)20-10-22-42(46)47-41/h1-26H. The molecule has 11 rings (SSSR count). The van der Waals surface area contributed by atoms with E-state index in [1.54, 1.807) is 0 Å². The Hall–Kier alpha value is -6.18. The van der Waals surface area contributed by atoms with Crippen LogP contribution in [0.5, 0.6) is 0 Å². The Morgan fingerprint density at radius 2 is 0.766 bits per heavy atom. The second-order valence-electron chi connectivity index (χ2n) is 12.8. The fourth-order valence-electron chi connectivity index (χ4n) is 8.47. The number of rotatable bonds is 2. The number of hydrogen-bond acceptors (Lipinski definition) is 1. The Balaban J connectivity index is 1.28. The van der Waals surface area contributed by atoms with Crippen molar-refractivity contribution in [2.75, 3.05) is 0 Å². The van der Waals surface area contributed by atoms with Crippen LogP contribution in [0, 0.1) is 0 Å². The second kappa shape index (κ2) is 9.19. The van der Waals surface area contributed by atoms with Crippen LogP contribution in [0.3, 0.4) is 0 Å². The minimum Gasteiger partial charge on any atom is -0.456 e. The third-order valence-corrected chi connectivity index (χ3v) is 10.4. The van der Waals surface area contributed by atoms with Gasteiger partial charge in [-0.1, -0.05) is 133 Å². The third-order valence-electron chi connectivity index (χ3n) is 10.4. The Kier molecular flexibility index (Phi) is 4.90. The van der Waals surface area contributed by atoms with E-state index in [-0.39, 0.29) is 0 Å². The summed E-state index contributed by atoms with van der Waals surface area (Å²) in [5, 5.41) is 17.7. The van der Waals surface area contributed by atoms with Gasteiger partial charge in [0, 0.05) is 10.8 Å². The van der Waals surface area contributed by atoms with E-state index in [0.717, 1.165) is 11.2 Å². The van der Waals surface area contributed by atoms with E-state index in [0.29, 0.717) is 0 Å². The Morgan fingerprint density at radius 1 is 0.298 bits per heavy atom. The molecule has 0 saturated heterocycles. The molecule has 0 amide bonds. The van der Waals surface area contributed by atoms with E-state index < -0.39 is 0 Å². The van der Waals surface area contributed by atoms with E-state index in [9.17, 15) is 0 Å². The molecule has 0 saturated carbocycles. The molecule has 1 nitrogen and oxygen atoms in total. The summed E-state index contributed by atoms with van der Waals surface area (Å²) in [6, 6.07) is 57.9. The van der Waals surface area contributed by atoms with Crippen molar-refractivity contribution >= 4 is 86.6 Å². The van der Waals surface area contributed by atoms with Crippen LogP contribution in [0.25, 0.3) is 109 Å². The SMILES string of the molecule is c1cc2cc(-c3c4ccccc4c(-c4ccc5c6ccccc6c6ccccc6c5c4)c4ccccc34)c3cccc4oc(c1)c2c43. The first kappa shape index (κ1) is 25.1. The topological polar surface area (TPSA) is 13.1 Å². The molecule has 0 N–H and O–H groups in total. The summed E-state index contributed by atoms with van der Waals surface area (Å²) < 4.78 is 6.35. The monoisotopic (exact) mass is 594 g/mol.